The summed E-state index contributed by atoms with van der Waals surface area (Å²) in [5, 5.41) is 8.65. The Morgan fingerprint density at radius 1 is 1.27 bits per heavy atom. The van der Waals surface area contributed by atoms with Crippen molar-refractivity contribution in [2.75, 3.05) is 35.8 Å². The monoisotopic (exact) mass is 316 g/mol. The Bertz CT molecular complexity index is 705. The predicted molar refractivity (Wildman–Crippen MR) is 88.5 cm³/mol. The molecule has 2 heterocycles. The Morgan fingerprint density at radius 2 is 2.00 bits per heavy atom. The Labute approximate surface area is 132 Å². The number of hydrogen-bond donors (Lipinski definition) is 2. The topological polar surface area (TPSA) is 87.4 Å². The van der Waals surface area contributed by atoms with E-state index in [-0.39, 0.29) is 5.91 Å². The molecule has 8 heteroatoms. The minimum absolute atomic E-state index is 0.0224. The molecule has 22 heavy (non-hydrogen) atoms. The van der Waals surface area contributed by atoms with Crippen LogP contribution >= 0.6 is 11.9 Å². The van der Waals surface area contributed by atoms with Crippen LogP contribution in [-0.4, -0.2) is 36.5 Å². The summed E-state index contributed by atoms with van der Waals surface area (Å²) in [5.74, 6) is 1.24. The fourth-order valence-corrected chi connectivity index (χ4v) is 2.50. The van der Waals surface area contributed by atoms with Crippen LogP contribution in [0.3, 0.4) is 0 Å². The molecule has 1 aliphatic rings. The highest BCUT2D eigenvalue weighted by atomic mass is 32.2. The van der Waals surface area contributed by atoms with Gasteiger partial charge in [0.1, 0.15) is 5.69 Å². The summed E-state index contributed by atoms with van der Waals surface area (Å²) in [4.78, 5) is 25.0. The van der Waals surface area contributed by atoms with Gasteiger partial charge in [0.2, 0.25) is 11.9 Å². The number of nitrogens with two attached hydrogens (primary N) is 1. The van der Waals surface area contributed by atoms with Gasteiger partial charge in [-0.3, -0.25) is 9.93 Å². The Kier molecular flexibility index (Phi) is 3.86. The van der Waals surface area contributed by atoms with Crippen LogP contribution in [0.1, 0.15) is 0 Å². The van der Waals surface area contributed by atoms with E-state index in [1.807, 2.05) is 36.2 Å². The van der Waals surface area contributed by atoms with Crippen LogP contribution < -0.4 is 20.3 Å². The number of anilines is 4. The molecule has 0 spiro atoms. The number of hydrogen-bond acceptors (Lipinski definition) is 7. The Morgan fingerprint density at radius 3 is 2.68 bits per heavy atom. The maximum atomic E-state index is 11.8. The molecule has 0 fully saturated rings. The molecule has 0 atom stereocenters. The molecular formula is C14H16N6OS. The first kappa shape index (κ1) is 14.6. The van der Waals surface area contributed by atoms with Gasteiger partial charge in [0, 0.05) is 24.7 Å². The van der Waals surface area contributed by atoms with E-state index in [0.29, 0.717) is 18.2 Å². The van der Waals surface area contributed by atoms with Crippen LogP contribution in [0.25, 0.3) is 0 Å². The average Bonchev–Trinajstić information content (AvgIpc) is 2.53. The molecule has 0 bridgehead atoms. The summed E-state index contributed by atoms with van der Waals surface area (Å²) in [6.45, 7) is 0.308. The van der Waals surface area contributed by atoms with Crippen molar-refractivity contribution < 1.29 is 4.79 Å². The molecule has 3 rings (SSSR count). The van der Waals surface area contributed by atoms with Crippen LogP contribution in [0.2, 0.25) is 0 Å². The molecule has 1 aromatic heterocycles. The van der Waals surface area contributed by atoms with Crippen LogP contribution in [0.4, 0.5) is 23.1 Å². The third-order valence-corrected chi connectivity index (χ3v) is 4.01. The molecule has 0 aliphatic carbocycles. The molecule has 2 aromatic rings. The largest absolute Gasteiger partial charge is 0.348 e. The van der Waals surface area contributed by atoms with Crippen molar-refractivity contribution in [1.82, 2.24) is 9.97 Å². The van der Waals surface area contributed by atoms with E-state index >= 15 is 0 Å². The standard InChI is InChI=1S/C14H16N6OS/c1-19-8-12(21)20(2)11-7-16-14(18-13(11)19)17-9-3-5-10(22-15)6-4-9/h3-7H,8,15H2,1-2H3,(H,16,17,18). The van der Waals surface area contributed by atoms with Gasteiger partial charge >= 0.3 is 0 Å². The number of aromatic nitrogens is 2. The van der Waals surface area contributed by atoms with E-state index in [9.17, 15) is 4.79 Å². The predicted octanol–water partition coefficient (Wildman–Crippen LogP) is 1.60. The number of amides is 1. The highest BCUT2D eigenvalue weighted by Gasteiger charge is 2.26. The Balaban J connectivity index is 1.86. The van der Waals surface area contributed by atoms with Crippen molar-refractivity contribution >= 4 is 41.0 Å². The van der Waals surface area contributed by atoms with Gasteiger partial charge in [-0.05, 0) is 36.2 Å². The molecule has 114 valence electrons. The minimum Gasteiger partial charge on any atom is -0.348 e. The van der Waals surface area contributed by atoms with Crippen molar-refractivity contribution in [3.63, 3.8) is 0 Å². The lowest BCUT2D eigenvalue weighted by Crippen LogP contribution is -2.42. The lowest BCUT2D eigenvalue weighted by atomic mass is 10.3. The normalized spacial score (nSPS) is 14.0. The van der Waals surface area contributed by atoms with Crippen LogP contribution in [0, 0.1) is 0 Å². The summed E-state index contributed by atoms with van der Waals surface area (Å²) in [5.41, 5.74) is 1.58. The van der Waals surface area contributed by atoms with Gasteiger partial charge in [0.15, 0.2) is 5.82 Å². The fourth-order valence-electron chi connectivity index (χ4n) is 2.21. The van der Waals surface area contributed by atoms with Crippen LogP contribution in [-0.2, 0) is 4.79 Å². The maximum absolute atomic E-state index is 11.8. The van der Waals surface area contributed by atoms with Crippen LogP contribution in [0.15, 0.2) is 35.4 Å². The van der Waals surface area contributed by atoms with Gasteiger partial charge in [-0.15, -0.1) is 0 Å². The zero-order valence-corrected chi connectivity index (χ0v) is 13.1. The zero-order chi connectivity index (χ0) is 15.7. The molecule has 3 N–H and O–H groups in total. The molecule has 1 amide bonds. The number of benzene rings is 1. The number of carbonyl (C=O) groups excluding carboxylic acids is 1. The highest BCUT2D eigenvalue weighted by Crippen LogP contribution is 2.30. The summed E-state index contributed by atoms with van der Waals surface area (Å²) >= 11 is 1.20. The second-order valence-corrected chi connectivity index (χ2v) is 5.69. The van der Waals surface area contributed by atoms with Crippen molar-refractivity contribution in [3.8, 4) is 0 Å². The maximum Gasteiger partial charge on any atom is 0.246 e. The molecule has 7 nitrogen and oxygen atoms in total. The van der Waals surface area contributed by atoms with E-state index in [2.05, 4.69) is 15.3 Å². The average molecular weight is 316 g/mol. The van der Waals surface area contributed by atoms with E-state index in [4.69, 9.17) is 5.14 Å². The first-order valence-corrected chi connectivity index (χ1v) is 7.55. The van der Waals surface area contributed by atoms with E-state index in [0.717, 1.165) is 16.4 Å². The van der Waals surface area contributed by atoms with Crippen molar-refractivity contribution in [2.24, 2.45) is 5.14 Å². The summed E-state index contributed by atoms with van der Waals surface area (Å²) in [6, 6.07) is 7.67. The van der Waals surface area contributed by atoms with Crippen molar-refractivity contribution in [1.29, 1.82) is 0 Å². The molecule has 0 saturated heterocycles. The number of fused-ring (bicyclic) bond motifs is 1. The van der Waals surface area contributed by atoms with E-state index in [1.165, 1.54) is 11.9 Å². The number of nitrogens with one attached hydrogen (secondary N) is 1. The van der Waals surface area contributed by atoms with Gasteiger partial charge in [0.05, 0.1) is 12.7 Å². The lowest BCUT2D eigenvalue weighted by Gasteiger charge is -2.31. The van der Waals surface area contributed by atoms with Gasteiger partial charge in [0.25, 0.3) is 0 Å². The smallest absolute Gasteiger partial charge is 0.246 e. The van der Waals surface area contributed by atoms with Gasteiger partial charge in [-0.1, -0.05) is 0 Å². The summed E-state index contributed by atoms with van der Waals surface area (Å²) in [6.07, 6.45) is 1.66. The summed E-state index contributed by atoms with van der Waals surface area (Å²) in [7, 11) is 3.57. The second kappa shape index (κ2) is 5.82. The van der Waals surface area contributed by atoms with Crippen LogP contribution in [0.5, 0.6) is 0 Å². The first-order chi connectivity index (χ1) is 10.6. The van der Waals surface area contributed by atoms with Crippen molar-refractivity contribution in [3.05, 3.63) is 30.5 Å². The lowest BCUT2D eigenvalue weighted by molar-refractivity contribution is -0.117. The van der Waals surface area contributed by atoms with Gasteiger partial charge < -0.3 is 15.1 Å². The van der Waals surface area contributed by atoms with E-state index in [1.54, 1.807) is 18.1 Å². The molecule has 0 unspecified atom stereocenters. The molecule has 0 radical (unpaired) electrons. The molecule has 0 saturated carbocycles. The number of rotatable bonds is 3. The number of likely N-dealkylation sites (N-methyl/N-ethyl adjacent to an activating group) is 2. The number of carbonyl (C=O) groups is 1. The molecule has 1 aliphatic heterocycles. The summed E-state index contributed by atoms with van der Waals surface area (Å²) < 4.78 is 0. The zero-order valence-electron chi connectivity index (χ0n) is 12.3. The first-order valence-electron chi connectivity index (χ1n) is 6.67. The van der Waals surface area contributed by atoms with Crippen molar-refractivity contribution in [2.45, 2.75) is 4.90 Å². The minimum atomic E-state index is 0.0224. The second-order valence-electron chi connectivity index (χ2n) is 4.98. The number of nitrogens with zero attached hydrogens (tertiary/aromatic N) is 4. The molecular weight excluding hydrogens is 300 g/mol. The van der Waals surface area contributed by atoms with E-state index < -0.39 is 0 Å². The third-order valence-electron chi connectivity index (χ3n) is 3.47. The van der Waals surface area contributed by atoms with Gasteiger partial charge in [-0.2, -0.15) is 4.98 Å². The van der Waals surface area contributed by atoms with Gasteiger partial charge in [-0.25, -0.2) is 4.98 Å². The molecule has 1 aromatic carbocycles. The quantitative estimate of drug-likeness (QED) is 0.832. The fraction of sp³-hybridized carbons (Fsp3) is 0.214. The highest BCUT2D eigenvalue weighted by molar-refractivity contribution is 7.97. The third kappa shape index (κ3) is 2.70. The Hall–Kier alpha value is -2.32. The SMILES string of the molecule is CN1CC(=O)N(C)c2cnc(Nc3ccc(SN)cc3)nc21.